The number of nitrogens with one attached hydrogen (secondary N) is 1. The summed E-state index contributed by atoms with van der Waals surface area (Å²) in [5.41, 5.74) is 0.790. The average Bonchev–Trinajstić information content (AvgIpc) is 2.66. The minimum Gasteiger partial charge on any atom is -0.476 e. The standard InChI is InChI=1S/C21H27ClN4O3/c1-14(26-15(2)27)6-7-16-9-17(10-16)11-28-20-19(22)21(25-13-24-20)29-12-18-5-3-4-8-23-18/h3-5,8,13-14,16-17H,6-7,9-12H2,1-2H3,(H,26,27)/t14-,16-,17-/m0/s1. The lowest BCUT2D eigenvalue weighted by Crippen LogP contribution is -2.33. The summed E-state index contributed by atoms with van der Waals surface area (Å²) in [6, 6.07) is 5.85. The predicted octanol–water partition coefficient (Wildman–Crippen LogP) is 3.81. The first-order valence-corrected chi connectivity index (χ1v) is 10.3. The molecule has 0 bridgehead atoms. The molecule has 156 valence electrons. The fraction of sp³-hybridized carbons (Fsp3) is 0.524. The molecule has 1 fully saturated rings. The minimum absolute atomic E-state index is 0.0301. The van der Waals surface area contributed by atoms with Gasteiger partial charge in [0, 0.05) is 19.2 Å². The van der Waals surface area contributed by atoms with Crippen molar-refractivity contribution in [3.05, 3.63) is 41.4 Å². The molecule has 0 aromatic carbocycles. The van der Waals surface area contributed by atoms with Crippen molar-refractivity contribution in [2.24, 2.45) is 11.8 Å². The second kappa shape index (κ2) is 10.4. The molecular weight excluding hydrogens is 392 g/mol. The molecule has 0 unspecified atom stereocenters. The van der Waals surface area contributed by atoms with E-state index in [2.05, 4.69) is 20.3 Å². The van der Waals surface area contributed by atoms with Gasteiger partial charge in [0.15, 0.2) is 5.02 Å². The maximum absolute atomic E-state index is 11.1. The molecule has 1 saturated carbocycles. The molecule has 0 spiro atoms. The summed E-state index contributed by atoms with van der Waals surface area (Å²) in [6.07, 6.45) is 7.48. The summed E-state index contributed by atoms with van der Waals surface area (Å²) in [4.78, 5) is 23.5. The van der Waals surface area contributed by atoms with E-state index in [0.717, 1.165) is 31.4 Å². The molecule has 29 heavy (non-hydrogen) atoms. The Balaban J connectivity index is 1.40. The van der Waals surface area contributed by atoms with Crippen LogP contribution in [0.5, 0.6) is 11.8 Å². The smallest absolute Gasteiger partial charge is 0.240 e. The molecule has 1 amide bonds. The topological polar surface area (TPSA) is 86.2 Å². The quantitative estimate of drug-likeness (QED) is 0.631. The zero-order valence-electron chi connectivity index (χ0n) is 16.8. The fourth-order valence-corrected chi connectivity index (χ4v) is 3.72. The van der Waals surface area contributed by atoms with Gasteiger partial charge in [0.2, 0.25) is 17.7 Å². The normalized spacial score (nSPS) is 19.1. The number of amides is 1. The fourth-order valence-electron chi connectivity index (χ4n) is 3.51. The van der Waals surface area contributed by atoms with E-state index < -0.39 is 0 Å². The van der Waals surface area contributed by atoms with E-state index in [0.29, 0.717) is 30.2 Å². The van der Waals surface area contributed by atoms with Crippen molar-refractivity contribution < 1.29 is 14.3 Å². The first kappa shape index (κ1) is 21.3. The second-order valence-electron chi connectivity index (χ2n) is 7.60. The van der Waals surface area contributed by atoms with Gasteiger partial charge in [0.1, 0.15) is 12.9 Å². The lowest BCUT2D eigenvalue weighted by atomic mass is 9.73. The summed E-state index contributed by atoms with van der Waals surface area (Å²) in [6.45, 7) is 4.46. The molecule has 2 aromatic rings. The molecule has 1 N–H and O–H groups in total. The Morgan fingerprint density at radius 1 is 1.21 bits per heavy atom. The molecule has 0 aliphatic heterocycles. The lowest BCUT2D eigenvalue weighted by Gasteiger charge is -2.35. The van der Waals surface area contributed by atoms with Crippen LogP contribution in [-0.4, -0.2) is 33.5 Å². The van der Waals surface area contributed by atoms with Gasteiger partial charge in [-0.2, -0.15) is 0 Å². The first-order valence-electron chi connectivity index (χ1n) is 9.94. The molecule has 1 atom stereocenters. The summed E-state index contributed by atoms with van der Waals surface area (Å²) in [5.74, 6) is 1.86. The van der Waals surface area contributed by atoms with Gasteiger partial charge in [-0.1, -0.05) is 17.7 Å². The summed E-state index contributed by atoms with van der Waals surface area (Å²) >= 11 is 6.34. The Hall–Kier alpha value is -2.41. The number of rotatable bonds is 10. The number of nitrogens with zero attached hydrogens (tertiary/aromatic N) is 3. The van der Waals surface area contributed by atoms with E-state index in [1.165, 1.54) is 6.33 Å². The van der Waals surface area contributed by atoms with E-state index in [1.807, 2.05) is 25.1 Å². The Morgan fingerprint density at radius 2 is 1.97 bits per heavy atom. The van der Waals surface area contributed by atoms with Crippen LogP contribution < -0.4 is 14.8 Å². The average molecular weight is 419 g/mol. The molecule has 0 saturated heterocycles. The molecule has 2 aromatic heterocycles. The Kier molecular flexibility index (Phi) is 7.63. The number of carbonyl (C=O) groups is 1. The van der Waals surface area contributed by atoms with Gasteiger partial charge in [-0.15, -0.1) is 0 Å². The van der Waals surface area contributed by atoms with E-state index >= 15 is 0 Å². The summed E-state index contributed by atoms with van der Waals surface area (Å²) in [7, 11) is 0. The van der Waals surface area contributed by atoms with Crippen LogP contribution in [-0.2, 0) is 11.4 Å². The van der Waals surface area contributed by atoms with Gasteiger partial charge in [-0.05, 0) is 56.6 Å². The molecule has 7 nitrogen and oxygen atoms in total. The lowest BCUT2D eigenvalue weighted by molar-refractivity contribution is -0.119. The highest BCUT2D eigenvalue weighted by molar-refractivity contribution is 6.33. The Labute approximate surface area is 176 Å². The second-order valence-corrected chi connectivity index (χ2v) is 7.98. The van der Waals surface area contributed by atoms with Gasteiger partial charge < -0.3 is 14.8 Å². The van der Waals surface area contributed by atoms with Gasteiger partial charge >= 0.3 is 0 Å². The zero-order chi connectivity index (χ0) is 20.6. The van der Waals surface area contributed by atoms with Crippen LogP contribution in [0.1, 0.15) is 45.2 Å². The zero-order valence-corrected chi connectivity index (χ0v) is 17.6. The highest BCUT2D eigenvalue weighted by Gasteiger charge is 2.30. The maximum atomic E-state index is 11.1. The third-order valence-electron chi connectivity index (χ3n) is 5.06. The van der Waals surface area contributed by atoms with Crippen LogP contribution in [0, 0.1) is 11.8 Å². The van der Waals surface area contributed by atoms with Gasteiger partial charge in [0.05, 0.1) is 12.3 Å². The number of aromatic nitrogens is 3. The largest absolute Gasteiger partial charge is 0.476 e. The molecular formula is C21H27ClN4O3. The van der Waals surface area contributed by atoms with Gasteiger partial charge in [0.25, 0.3) is 0 Å². The Morgan fingerprint density at radius 3 is 2.66 bits per heavy atom. The number of halogens is 1. The number of hydrogen-bond acceptors (Lipinski definition) is 6. The van der Waals surface area contributed by atoms with Crippen molar-refractivity contribution in [3.63, 3.8) is 0 Å². The van der Waals surface area contributed by atoms with Crippen LogP contribution in [0.15, 0.2) is 30.7 Å². The van der Waals surface area contributed by atoms with Crippen molar-refractivity contribution in [1.29, 1.82) is 0 Å². The van der Waals surface area contributed by atoms with E-state index in [1.54, 1.807) is 13.1 Å². The van der Waals surface area contributed by atoms with Gasteiger partial charge in [-0.25, -0.2) is 9.97 Å². The Bertz CT molecular complexity index is 800. The predicted molar refractivity (Wildman–Crippen MR) is 110 cm³/mol. The van der Waals surface area contributed by atoms with Crippen molar-refractivity contribution in [2.75, 3.05) is 6.61 Å². The number of ether oxygens (including phenoxy) is 2. The first-order chi connectivity index (χ1) is 14.0. The van der Waals surface area contributed by atoms with Crippen molar-refractivity contribution in [1.82, 2.24) is 20.3 Å². The molecule has 1 aliphatic carbocycles. The molecule has 2 heterocycles. The molecule has 8 heteroatoms. The third kappa shape index (κ3) is 6.56. The van der Waals surface area contributed by atoms with Crippen LogP contribution >= 0.6 is 11.6 Å². The van der Waals surface area contributed by atoms with Crippen molar-refractivity contribution in [2.45, 2.75) is 52.2 Å². The van der Waals surface area contributed by atoms with Crippen LogP contribution in [0.4, 0.5) is 0 Å². The number of hydrogen-bond donors (Lipinski definition) is 1. The van der Waals surface area contributed by atoms with Gasteiger partial charge in [-0.3, -0.25) is 9.78 Å². The van der Waals surface area contributed by atoms with Crippen molar-refractivity contribution >= 4 is 17.5 Å². The van der Waals surface area contributed by atoms with E-state index in [-0.39, 0.29) is 23.6 Å². The van der Waals surface area contributed by atoms with Crippen LogP contribution in [0.3, 0.4) is 0 Å². The number of carbonyl (C=O) groups excluding carboxylic acids is 1. The monoisotopic (exact) mass is 418 g/mol. The number of pyridine rings is 1. The minimum atomic E-state index is 0.0301. The summed E-state index contributed by atoms with van der Waals surface area (Å²) < 4.78 is 11.5. The SMILES string of the molecule is CC(=O)N[C@@H](C)CC[C@H]1C[C@H](COc2ncnc(OCc3ccccn3)c2Cl)C1. The van der Waals surface area contributed by atoms with E-state index in [9.17, 15) is 4.79 Å². The molecule has 3 rings (SSSR count). The summed E-state index contributed by atoms with van der Waals surface area (Å²) in [5, 5.41) is 3.21. The van der Waals surface area contributed by atoms with E-state index in [4.69, 9.17) is 21.1 Å². The highest BCUT2D eigenvalue weighted by Crippen LogP contribution is 2.38. The highest BCUT2D eigenvalue weighted by atomic mass is 35.5. The van der Waals surface area contributed by atoms with Crippen LogP contribution in [0.2, 0.25) is 5.02 Å². The van der Waals surface area contributed by atoms with Crippen molar-refractivity contribution in [3.8, 4) is 11.8 Å². The third-order valence-corrected chi connectivity index (χ3v) is 5.38. The molecule has 1 aliphatic rings. The van der Waals surface area contributed by atoms with Crippen LogP contribution in [0.25, 0.3) is 0 Å². The molecule has 0 radical (unpaired) electrons. The maximum Gasteiger partial charge on any atom is 0.240 e.